The van der Waals surface area contributed by atoms with Crippen LogP contribution in [0.5, 0.6) is 0 Å². The van der Waals surface area contributed by atoms with E-state index in [1.165, 1.54) is 32.9 Å². The van der Waals surface area contributed by atoms with E-state index >= 15 is 0 Å². The molecule has 0 N–H and O–H groups in total. The van der Waals surface area contributed by atoms with E-state index in [2.05, 4.69) is 149 Å². The highest BCUT2D eigenvalue weighted by atomic mass is 15.0. The number of nitriles is 1. The monoisotopic (exact) mass is 741 g/mol. The minimum Gasteiger partial charge on any atom is -0.313 e. The van der Waals surface area contributed by atoms with Crippen LogP contribution < -0.4 is 0 Å². The number of allylic oxidation sites excluding steroid dienone is 1. The Morgan fingerprint density at radius 2 is 1.10 bits per heavy atom. The number of aromatic nitrogens is 4. The van der Waals surface area contributed by atoms with Crippen molar-refractivity contribution in [3.8, 4) is 62.5 Å². The van der Waals surface area contributed by atoms with Gasteiger partial charge in [0.1, 0.15) is 0 Å². The summed E-state index contributed by atoms with van der Waals surface area (Å²) in [6.45, 7) is 0. The average molecular weight is 742 g/mol. The molecule has 0 aliphatic heterocycles. The summed E-state index contributed by atoms with van der Waals surface area (Å²) in [6, 6.07) is 63.7. The molecule has 3 heterocycles. The zero-order valence-corrected chi connectivity index (χ0v) is 31.5. The van der Waals surface area contributed by atoms with Gasteiger partial charge in [-0.3, -0.25) is 0 Å². The van der Waals surface area contributed by atoms with E-state index in [4.69, 9.17) is 9.97 Å². The van der Waals surface area contributed by atoms with Crippen LogP contribution in [0.3, 0.4) is 0 Å². The zero-order chi connectivity index (χ0) is 38.6. The molecular formula is C53H35N5. The fourth-order valence-electron chi connectivity index (χ4n) is 8.74. The Morgan fingerprint density at radius 3 is 1.84 bits per heavy atom. The Balaban J connectivity index is 1.19. The Hall–Kier alpha value is -7.81. The fourth-order valence-corrected chi connectivity index (χ4v) is 8.74. The molecule has 5 heteroatoms. The van der Waals surface area contributed by atoms with Crippen LogP contribution >= 0.6 is 0 Å². The van der Waals surface area contributed by atoms with E-state index in [1.807, 2.05) is 54.6 Å². The smallest absolute Gasteiger partial charge is 0.160 e. The third kappa shape index (κ3) is 5.62. The van der Waals surface area contributed by atoms with Crippen molar-refractivity contribution in [2.45, 2.75) is 12.8 Å². The lowest BCUT2D eigenvalue weighted by Gasteiger charge is -2.16. The maximum atomic E-state index is 9.93. The van der Waals surface area contributed by atoms with E-state index in [0.29, 0.717) is 11.4 Å². The molecule has 7 aromatic carbocycles. The van der Waals surface area contributed by atoms with Crippen molar-refractivity contribution >= 4 is 38.8 Å². The van der Waals surface area contributed by atoms with Crippen molar-refractivity contribution in [3.63, 3.8) is 0 Å². The molecule has 272 valence electrons. The summed E-state index contributed by atoms with van der Waals surface area (Å²) in [5.74, 6) is 0.625. The molecule has 5 nitrogen and oxygen atoms in total. The van der Waals surface area contributed by atoms with Crippen LogP contribution in [0.4, 0.5) is 0 Å². The molecule has 11 rings (SSSR count). The second kappa shape index (κ2) is 13.7. The lowest BCUT2D eigenvalue weighted by Crippen LogP contribution is -2.03. The van der Waals surface area contributed by atoms with Gasteiger partial charge in [-0.15, -0.1) is 0 Å². The van der Waals surface area contributed by atoms with E-state index in [-0.39, 0.29) is 0 Å². The largest absolute Gasteiger partial charge is 0.313 e. The summed E-state index contributed by atoms with van der Waals surface area (Å²) in [5.41, 5.74) is 15.3. The van der Waals surface area contributed by atoms with E-state index in [0.717, 1.165) is 74.5 Å². The van der Waals surface area contributed by atoms with Gasteiger partial charge in [-0.2, -0.15) is 5.26 Å². The van der Waals surface area contributed by atoms with Crippen molar-refractivity contribution in [1.29, 1.82) is 5.26 Å². The SMILES string of the molecule is N#Cc1cccc(-c2cc(-c3nc(-c4ccccc4)cc(-c4ccccc4)n3)cc(-n3c4ccccc4c4ccc(-n5c6c(c7ccccc75)C=CCC6)cc43)c2)c1. The van der Waals surface area contributed by atoms with Gasteiger partial charge in [-0.25, -0.2) is 9.97 Å². The summed E-state index contributed by atoms with van der Waals surface area (Å²) in [5, 5.41) is 13.6. The van der Waals surface area contributed by atoms with Gasteiger partial charge in [0, 0.05) is 55.5 Å². The summed E-state index contributed by atoms with van der Waals surface area (Å²) in [7, 11) is 0. The fraction of sp³-hybridized carbons (Fsp3) is 0.0377. The molecule has 1 aliphatic carbocycles. The Morgan fingerprint density at radius 1 is 0.466 bits per heavy atom. The second-order valence-electron chi connectivity index (χ2n) is 14.9. The third-order valence-electron chi connectivity index (χ3n) is 11.4. The zero-order valence-electron chi connectivity index (χ0n) is 31.5. The first-order valence-corrected chi connectivity index (χ1v) is 19.7. The molecule has 0 fully saturated rings. The first kappa shape index (κ1) is 33.5. The van der Waals surface area contributed by atoms with Crippen LogP contribution in [0.2, 0.25) is 0 Å². The maximum Gasteiger partial charge on any atom is 0.160 e. The van der Waals surface area contributed by atoms with Gasteiger partial charge in [-0.05, 0) is 84.6 Å². The van der Waals surface area contributed by atoms with Crippen molar-refractivity contribution in [2.24, 2.45) is 0 Å². The highest BCUT2D eigenvalue weighted by Crippen LogP contribution is 2.40. The van der Waals surface area contributed by atoms with Crippen molar-refractivity contribution < 1.29 is 0 Å². The number of nitrogens with zero attached hydrogens (tertiary/aromatic N) is 5. The number of fused-ring (bicyclic) bond motifs is 6. The number of para-hydroxylation sites is 2. The molecule has 0 bridgehead atoms. The number of hydrogen-bond acceptors (Lipinski definition) is 3. The Labute approximate surface area is 336 Å². The number of benzene rings is 7. The average Bonchev–Trinajstić information content (AvgIpc) is 3.82. The molecule has 0 saturated heterocycles. The molecule has 0 unspecified atom stereocenters. The highest BCUT2D eigenvalue weighted by Gasteiger charge is 2.21. The van der Waals surface area contributed by atoms with Crippen LogP contribution in [0.15, 0.2) is 182 Å². The molecular weight excluding hydrogens is 707 g/mol. The summed E-state index contributed by atoms with van der Waals surface area (Å²) >= 11 is 0. The van der Waals surface area contributed by atoms with Crippen molar-refractivity contribution in [1.82, 2.24) is 19.1 Å². The van der Waals surface area contributed by atoms with E-state index in [9.17, 15) is 5.26 Å². The quantitative estimate of drug-likeness (QED) is 0.170. The normalized spacial score (nSPS) is 12.3. The number of hydrogen-bond donors (Lipinski definition) is 0. The molecule has 0 radical (unpaired) electrons. The van der Waals surface area contributed by atoms with E-state index < -0.39 is 0 Å². The lowest BCUT2D eigenvalue weighted by atomic mass is 9.99. The van der Waals surface area contributed by atoms with Crippen LogP contribution in [0.25, 0.3) is 95.2 Å². The molecule has 0 saturated carbocycles. The highest BCUT2D eigenvalue weighted by molar-refractivity contribution is 6.10. The standard InChI is InChI=1S/C53H35N5/c54-34-35-14-13-19-38(28-35)39-29-40(53-55-47(36-15-3-1-4-16-36)33-48(56-53)37-17-5-2-6-18-37)31-42(30-39)58-51-25-12-9-22-45(51)46-27-26-41(32-52(46)58)57-49-23-10-7-20-43(49)44-21-8-11-24-50(44)57/h1-10,12-23,25-33H,11,24H2. The number of rotatable bonds is 6. The molecule has 0 atom stereocenters. The maximum absolute atomic E-state index is 9.93. The Bertz CT molecular complexity index is 3230. The predicted octanol–water partition coefficient (Wildman–Crippen LogP) is 13.0. The molecule has 0 amide bonds. The summed E-state index contributed by atoms with van der Waals surface area (Å²) < 4.78 is 4.84. The Kier molecular flexibility index (Phi) is 7.94. The third-order valence-corrected chi connectivity index (χ3v) is 11.4. The molecule has 3 aromatic heterocycles. The molecule has 0 spiro atoms. The van der Waals surface area contributed by atoms with E-state index in [1.54, 1.807) is 0 Å². The molecule has 1 aliphatic rings. The van der Waals surface area contributed by atoms with Gasteiger partial charge in [0.2, 0.25) is 0 Å². The van der Waals surface area contributed by atoms with Crippen molar-refractivity contribution in [3.05, 3.63) is 199 Å². The second-order valence-corrected chi connectivity index (χ2v) is 14.9. The van der Waals surface area contributed by atoms with Gasteiger partial charge < -0.3 is 9.13 Å². The van der Waals surface area contributed by atoms with Gasteiger partial charge in [0.25, 0.3) is 0 Å². The van der Waals surface area contributed by atoms with Gasteiger partial charge >= 0.3 is 0 Å². The minimum atomic E-state index is 0.608. The van der Waals surface area contributed by atoms with Gasteiger partial charge in [-0.1, -0.05) is 127 Å². The van der Waals surface area contributed by atoms with Crippen LogP contribution in [0.1, 0.15) is 23.2 Å². The molecule has 10 aromatic rings. The summed E-state index contributed by atoms with van der Waals surface area (Å²) in [4.78, 5) is 10.5. The first-order valence-electron chi connectivity index (χ1n) is 19.7. The summed E-state index contributed by atoms with van der Waals surface area (Å²) in [6.07, 6.45) is 6.59. The lowest BCUT2D eigenvalue weighted by molar-refractivity contribution is 0.889. The topological polar surface area (TPSA) is 59.4 Å². The van der Waals surface area contributed by atoms with Gasteiger partial charge in [0.15, 0.2) is 5.82 Å². The predicted molar refractivity (Wildman–Crippen MR) is 237 cm³/mol. The van der Waals surface area contributed by atoms with Crippen LogP contribution in [-0.4, -0.2) is 19.1 Å². The van der Waals surface area contributed by atoms with Gasteiger partial charge in [0.05, 0.1) is 39.6 Å². The first-order chi connectivity index (χ1) is 28.7. The van der Waals surface area contributed by atoms with Crippen LogP contribution in [-0.2, 0) is 6.42 Å². The van der Waals surface area contributed by atoms with Crippen LogP contribution in [0, 0.1) is 11.3 Å². The minimum absolute atomic E-state index is 0.608. The van der Waals surface area contributed by atoms with Crippen molar-refractivity contribution in [2.75, 3.05) is 0 Å². The molecule has 58 heavy (non-hydrogen) atoms.